The highest BCUT2D eigenvalue weighted by atomic mass is 32.2. The van der Waals surface area contributed by atoms with Gasteiger partial charge in [-0.25, -0.2) is 21.9 Å². The Balaban J connectivity index is 0.000000730. The second-order valence-electron chi connectivity index (χ2n) is 10.9. The van der Waals surface area contributed by atoms with Crippen LogP contribution in [0, 0.1) is 5.41 Å². The molecule has 0 bridgehead atoms. The van der Waals surface area contributed by atoms with E-state index in [1.165, 1.54) is 24.9 Å². The Kier molecular flexibility index (Phi) is 10.4. The van der Waals surface area contributed by atoms with Gasteiger partial charge in [-0.3, -0.25) is 4.79 Å². The third-order valence-corrected chi connectivity index (χ3v) is 7.73. The van der Waals surface area contributed by atoms with E-state index in [0.29, 0.717) is 23.7 Å². The van der Waals surface area contributed by atoms with Gasteiger partial charge in [-0.1, -0.05) is 25.1 Å². The standard InChI is InChI=1S/C25H27F5N2O3S.C4H8F2/c1-16(2)35-22(33)23(13-24(26,27)14-23)15-34-20-12-21-19(11-18(20)25(28,29)30)32(10-9-31(3)36-21)17-7-5-4-6-8-17;1-3-4(2,5)6/h4-8,11-12,16H,9-10,13-15H2,1-3H3;3H2,1-2H3. The summed E-state index contributed by atoms with van der Waals surface area (Å²) in [6.45, 7) is 5.90. The van der Waals surface area contributed by atoms with Gasteiger partial charge >= 0.3 is 12.1 Å². The third-order valence-electron chi connectivity index (χ3n) is 6.71. The van der Waals surface area contributed by atoms with E-state index in [2.05, 4.69) is 0 Å². The molecule has 1 aliphatic carbocycles. The predicted octanol–water partition coefficient (Wildman–Crippen LogP) is 8.59. The molecule has 234 valence electrons. The van der Waals surface area contributed by atoms with Crippen LogP contribution in [0.3, 0.4) is 0 Å². The lowest BCUT2D eigenvalue weighted by Crippen LogP contribution is -2.55. The van der Waals surface area contributed by atoms with Crippen molar-refractivity contribution in [2.75, 3.05) is 31.6 Å². The minimum atomic E-state index is -4.77. The second kappa shape index (κ2) is 12.9. The molecular weight excluding hydrogens is 589 g/mol. The third kappa shape index (κ3) is 8.68. The van der Waals surface area contributed by atoms with Crippen molar-refractivity contribution in [3.8, 4) is 5.75 Å². The van der Waals surface area contributed by atoms with Crippen molar-refractivity contribution in [2.24, 2.45) is 5.41 Å². The lowest BCUT2D eigenvalue weighted by molar-refractivity contribution is -0.207. The summed E-state index contributed by atoms with van der Waals surface area (Å²) in [4.78, 5) is 14.9. The SMILES string of the molecule is CC(C)OC(=O)C1(COc2cc3c(cc2C(F)(F)F)N(c2ccccc2)CCN(C)S3)CC(F)(F)C1.CCC(C)(F)F. The van der Waals surface area contributed by atoms with E-state index in [0.717, 1.165) is 18.7 Å². The van der Waals surface area contributed by atoms with Crippen LogP contribution in [0.5, 0.6) is 5.75 Å². The van der Waals surface area contributed by atoms with E-state index < -0.39 is 66.3 Å². The molecule has 1 heterocycles. The Bertz CT molecular complexity index is 1210. The van der Waals surface area contributed by atoms with E-state index >= 15 is 0 Å². The smallest absolute Gasteiger partial charge is 0.420 e. The van der Waals surface area contributed by atoms with Crippen molar-refractivity contribution in [3.05, 3.63) is 48.0 Å². The molecule has 2 aromatic carbocycles. The number of esters is 1. The largest absolute Gasteiger partial charge is 0.492 e. The number of fused-ring (bicyclic) bond motifs is 1. The Hall–Kier alpha value is -2.67. The molecule has 0 amide bonds. The molecule has 0 N–H and O–H groups in total. The van der Waals surface area contributed by atoms with Gasteiger partial charge in [0.2, 0.25) is 5.92 Å². The van der Waals surface area contributed by atoms with Crippen molar-refractivity contribution >= 4 is 29.3 Å². The maximum absolute atomic E-state index is 14.2. The summed E-state index contributed by atoms with van der Waals surface area (Å²) in [5, 5.41) is 0. The lowest BCUT2D eigenvalue weighted by atomic mass is 9.66. The Morgan fingerprint density at radius 2 is 1.64 bits per heavy atom. The van der Waals surface area contributed by atoms with Gasteiger partial charge in [-0.2, -0.15) is 13.2 Å². The van der Waals surface area contributed by atoms with Gasteiger partial charge in [0.1, 0.15) is 17.8 Å². The number of likely N-dealkylation sites (N-methyl/N-ethyl adjacent to an activating group) is 1. The van der Waals surface area contributed by atoms with Crippen molar-refractivity contribution < 1.29 is 45.0 Å². The fourth-order valence-corrected chi connectivity index (χ4v) is 5.36. The number of anilines is 2. The molecule has 2 aromatic rings. The molecule has 0 aromatic heterocycles. The van der Waals surface area contributed by atoms with Gasteiger partial charge in [0.25, 0.3) is 5.92 Å². The van der Waals surface area contributed by atoms with Gasteiger partial charge in [0, 0.05) is 38.0 Å². The van der Waals surface area contributed by atoms with Crippen LogP contribution >= 0.6 is 11.9 Å². The average Bonchev–Trinajstić information content (AvgIpc) is 3.02. The molecule has 42 heavy (non-hydrogen) atoms. The van der Waals surface area contributed by atoms with Gasteiger partial charge in [-0.05, 0) is 64.0 Å². The van der Waals surface area contributed by atoms with Gasteiger partial charge in [0.15, 0.2) is 0 Å². The molecule has 2 aliphatic rings. The molecule has 4 rings (SSSR count). The summed E-state index contributed by atoms with van der Waals surface area (Å²) >= 11 is 1.26. The number of para-hydroxylation sites is 1. The van der Waals surface area contributed by atoms with Gasteiger partial charge < -0.3 is 14.4 Å². The molecule has 1 fully saturated rings. The first-order chi connectivity index (χ1) is 19.4. The topological polar surface area (TPSA) is 42.0 Å². The monoisotopic (exact) mass is 624 g/mol. The summed E-state index contributed by atoms with van der Waals surface area (Å²) in [7, 11) is 1.83. The molecule has 0 saturated heterocycles. The number of carbonyl (C=O) groups excluding carboxylic acids is 1. The first-order valence-corrected chi connectivity index (χ1v) is 14.2. The van der Waals surface area contributed by atoms with Crippen LogP contribution in [0.25, 0.3) is 0 Å². The highest BCUT2D eigenvalue weighted by Crippen LogP contribution is 2.54. The molecule has 0 unspecified atom stereocenters. The maximum Gasteiger partial charge on any atom is 0.420 e. The summed E-state index contributed by atoms with van der Waals surface area (Å²) < 4.78 is 106. The summed E-state index contributed by atoms with van der Waals surface area (Å²) in [5.74, 6) is -6.96. The highest BCUT2D eigenvalue weighted by molar-refractivity contribution is 7.97. The van der Waals surface area contributed by atoms with Crippen LogP contribution in [0.4, 0.5) is 42.1 Å². The average molecular weight is 625 g/mol. The van der Waals surface area contributed by atoms with Crippen LogP contribution in [0.1, 0.15) is 52.5 Å². The maximum atomic E-state index is 14.2. The molecule has 0 radical (unpaired) electrons. The Labute approximate surface area is 245 Å². The van der Waals surface area contributed by atoms with E-state index in [-0.39, 0.29) is 6.42 Å². The highest BCUT2D eigenvalue weighted by Gasteiger charge is 2.62. The van der Waals surface area contributed by atoms with Crippen LogP contribution in [0.15, 0.2) is 47.4 Å². The minimum Gasteiger partial charge on any atom is -0.492 e. The number of carbonyl (C=O) groups is 1. The minimum absolute atomic E-state index is 0.0625. The number of nitrogens with zero attached hydrogens (tertiary/aromatic N) is 2. The summed E-state index contributed by atoms with van der Waals surface area (Å²) in [5.41, 5.74) is -1.64. The van der Waals surface area contributed by atoms with E-state index in [4.69, 9.17) is 9.47 Å². The number of hydrogen-bond donors (Lipinski definition) is 0. The second-order valence-corrected chi connectivity index (χ2v) is 12.1. The fraction of sp³-hybridized carbons (Fsp3) is 0.552. The fourth-order valence-electron chi connectivity index (χ4n) is 4.42. The number of ether oxygens (including phenoxy) is 2. The van der Waals surface area contributed by atoms with Crippen LogP contribution in [-0.2, 0) is 15.7 Å². The predicted molar refractivity (Wildman–Crippen MR) is 148 cm³/mol. The first kappa shape index (κ1) is 33.8. The molecule has 5 nitrogen and oxygen atoms in total. The van der Waals surface area contributed by atoms with Crippen LogP contribution in [0.2, 0.25) is 0 Å². The molecule has 0 spiro atoms. The van der Waals surface area contributed by atoms with Crippen LogP contribution in [-0.4, -0.2) is 55.0 Å². The van der Waals surface area contributed by atoms with E-state index in [1.807, 2.05) is 41.7 Å². The van der Waals surface area contributed by atoms with E-state index in [1.54, 1.807) is 18.7 Å². The molecular formula is C29H35F7N2O3S. The van der Waals surface area contributed by atoms with Crippen molar-refractivity contribution in [2.45, 2.75) is 76.0 Å². The molecule has 0 atom stereocenters. The summed E-state index contributed by atoms with van der Waals surface area (Å²) in [6, 6.07) is 11.4. The number of alkyl halides is 7. The van der Waals surface area contributed by atoms with E-state index in [9.17, 15) is 35.5 Å². The number of benzene rings is 2. The molecule has 1 aliphatic heterocycles. The Morgan fingerprint density at radius 3 is 2.14 bits per heavy atom. The zero-order valence-electron chi connectivity index (χ0n) is 24.0. The number of hydrogen-bond acceptors (Lipinski definition) is 6. The number of halogens is 7. The summed E-state index contributed by atoms with van der Waals surface area (Å²) in [6.07, 6.45) is -7.07. The van der Waals surface area contributed by atoms with Crippen LogP contribution < -0.4 is 9.64 Å². The zero-order chi connectivity index (χ0) is 31.5. The first-order valence-electron chi connectivity index (χ1n) is 13.4. The normalized spacial score (nSPS) is 18.3. The molecule has 13 heteroatoms. The molecule has 1 saturated carbocycles. The van der Waals surface area contributed by atoms with Gasteiger partial charge in [-0.15, -0.1) is 0 Å². The lowest BCUT2D eigenvalue weighted by Gasteiger charge is -2.44. The number of rotatable bonds is 7. The zero-order valence-corrected chi connectivity index (χ0v) is 24.9. The Morgan fingerprint density at radius 1 is 1.05 bits per heavy atom. The van der Waals surface area contributed by atoms with Gasteiger partial charge in [0.05, 0.1) is 22.3 Å². The quantitative estimate of drug-likeness (QED) is 0.175. The van der Waals surface area contributed by atoms with Crippen molar-refractivity contribution in [1.82, 2.24) is 4.31 Å². The van der Waals surface area contributed by atoms with Crippen molar-refractivity contribution in [1.29, 1.82) is 0 Å². The van der Waals surface area contributed by atoms with Crippen molar-refractivity contribution in [3.63, 3.8) is 0 Å².